The number of carbonyl (C=O) groups excluding carboxylic acids is 1. The second-order valence-electron chi connectivity index (χ2n) is 7.09. The first-order valence-electron chi connectivity index (χ1n) is 9.17. The number of imidazole rings is 1. The number of likely N-dealkylation sites (tertiary alicyclic amines) is 1. The number of aromatic nitrogens is 2. The van der Waals surface area contributed by atoms with E-state index in [1.807, 2.05) is 6.07 Å². The Kier molecular flexibility index (Phi) is 5.53. The minimum atomic E-state index is 0.0675. The van der Waals surface area contributed by atoms with Gasteiger partial charge in [0, 0.05) is 25.0 Å². The zero-order valence-electron chi connectivity index (χ0n) is 15.2. The zero-order valence-corrected chi connectivity index (χ0v) is 15.2. The Labute approximate surface area is 149 Å². The van der Waals surface area contributed by atoms with Gasteiger partial charge in [0.15, 0.2) is 0 Å². The van der Waals surface area contributed by atoms with Crippen LogP contribution in [0.25, 0.3) is 11.0 Å². The quantitative estimate of drug-likeness (QED) is 0.822. The third-order valence-corrected chi connectivity index (χ3v) is 4.82. The molecule has 1 aromatic heterocycles. The minimum absolute atomic E-state index is 0.0675. The van der Waals surface area contributed by atoms with Crippen LogP contribution in [0.2, 0.25) is 0 Å². The van der Waals surface area contributed by atoms with Crippen LogP contribution in [0.1, 0.15) is 44.5 Å². The standard InChI is InChI=1S/C20H28N4O/c1-4-11-21-19(25)14-23-12-7-8-16(13-23)20-22-17-9-5-6-10-18(17)24(20)15(2)3/h4-6,9-10,15-16H,1,7-8,11-14H2,2-3H3,(H,21,25)/t16-/m1/s1. The average Bonchev–Trinajstić information content (AvgIpc) is 3.00. The summed E-state index contributed by atoms with van der Waals surface area (Å²) in [5, 5.41) is 2.87. The van der Waals surface area contributed by atoms with Gasteiger partial charge in [0.25, 0.3) is 0 Å². The van der Waals surface area contributed by atoms with Gasteiger partial charge in [0.05, 0.1) is 17.6 Å². The molecule has 3 rings (SSSR count). The molecule has 1 aliphatic heterocycles. The number of piperidine rings is 1. The van der Waals surface area contributed by atoms with Crippen molar-refractivity contribution in [1.29, 1.82) is 0 Å². The summed E-state index contributed by atoms with van der Waals surface area (Å²) in [4.78, 5) is 19.2. The van der Waals surface area contributed by atoms with Gasteiger partial charge in [0.2, 0.25) is 5.91 Å². The Hall–Kier alpha value is -2.14. The van der Waals surface area contributed by atoms with E-state index in [1.165, 1.54) is 5.52 Å². The van der Waals surface area contributed by atoms with Crippen LogP contribution in [0, 0.1) is 0 Å². The molecule has 1 aromatic carbocycles. The fourth-order valence-electron chi connectivity index (χ4n) is 3.75. The number of rotatable bonds is 6. The molecule has 0 spiro atoms. The molecule has 1 aliphatic rings. The van der Waals surface area contributed by atoms with Crippen molar-refractivity contribution in [2.24, 2.45) is 0 Å². The fourth-order valence-corrected chi connectivity index (χ4v) is 3.75. The largest absolute Gasteiger partial charge is 0.352 e. The number of carbonyl (C=O) groups is 1. The highest BCUT2D eigenvalue weighted by Crippen LogP contribution is 2.31. The summed E-state index contributed by atoms with van der Waals surface area (Å²) in [6.45, 7) is 10.9. The van der Waals surface area contributed by atoms with Crippen molar-refractivity contribution in [3.8, 4) is 0 Å². The van der Waals surface area contributed by atoms with E-state index in [0.717, 1.165) is 37.3 Å². The summed E-state index contributed by atoms with van der Waals surface area (Å²) in [6.07, 6.45) is 3.93. The predicted molar refractivity (Wildman–Crippen MR) is 102 cm³/mol. The molecule has 5 heteroatoms. The van der Waals surface area contributed by atoms with Crippen molar-refractivity contribution < 1.29 is 4.79 Å². The number of hydrogen-bond donors (Lipinski definition) is 1. The van der Waals surface area contributed by atoms with Crippen molar-refractivity contribution in [2.45, 2.75) is 38.6 Å². The van der Waals surface area contributed by atoms with Crippen LogP contribution in [0.15, 0.2) is 36.9 Å². The first-order valence-corrected chi connectivity index (χ1v) is 9.17. The molecule has 1 saturated heterocycles. The van der Waals surface area contributed by atoms with E-state index in [0.29, 0.717) is 25.0 Å². The SMILES string of the molecule is C=CCNC(=O)CN1CCC[C@@H](c2nc3ccccc3n2C(C)C)C1. The highest BCUT2D eigenvalue weighted by Gasteiger charge is 2.27. The van der Waals surface area contributed by atoms with Crippen molar-refractivity contribution in [2.75, 3.05) is 26.2 Å². The number of amides is 1. The lowest BCUT2D eigenvalue weighted by Gasteiger charge is -2.32. The second-order valence-corrected chi connectivity index (χ2v) is 7.09. The summed E-state index contributed by atoms with van der Waals surface area (Å²) < 4.78 is 2.36. The number of nitrogens with one attached hydrogen (secondary N) is 1. The van der Waals surface area contributed by atoms with Crippen molar-refractivity contribution in [3.63, 3.8) is 0 Å². The third-order valence-electron chi connectivity index (χ3n) is 4.82. The number of benzene rings is 1. The number of para-hydroxylation sites is 2. The maximum absolute atomic E-state index is 12.0. The topological polar surface area (TPSA) is 50.2 Å². The summed E-state index contributed by atoms with van der Waals surface area (Å²) in [7, 11) is 0. The van der Waals surface area contributed by atoms with Gasteiger partial charge in [-0.05, 0) is 45.4 Å². The molecular weight excluding hydrogens is 312 g/mol. The molecule has 0 unspecified atom stereocenters. The first kappa shape index (κ1) is 17.7. The second kappa shape index (κ2) is 7.83. The lowest BCUT2D eigenvalue weighted by atomic mass is 9.97. The zero-order chi connectivity index (χ0) is 17.8. The van der Waals surface area contributed by atoms with E-state index in [1.54, 1.807) is 6.08 Å². The molecule has 0 bridgehead atoms. The molecule has 2 heterocycles. The Morgan fingerprint density at radius 2 is 2.24 bits per heavy atom. The summed E-state index contributed by atoms with van der Waals surface area (Å²) in [5.41, 5.74) is 2.26. The van der Waals surface area contributed by atoms with Gasteiger partial charge in [-0.2, -0.15) is 0 Å². The normalized spacial score (nSPS) is 18.6. The van der Waals surface area contributed by atoms with E-state index in [9.17, 15) is 4.79 Å². The van der Waals surface area contributed by atoms with E-state index >= 15 is 0 Å². The molecule has 1 fully saturated rings. The first-order chi connectivity index (χ1) is 12.1. The highest BCUT2D eigenvalue weighted by atomic mass is 16.2. The van der Waals surface area contributed by atoms with Gasteiger partial charge >= 0.3 is 0 Å². The molecule has 1 N–H and O–H groups in total. The number of hydrogen-bond acceptors (Lipinski definition) is 3. The summed E-state index contributed by atoms with van der Waals surface area (Å²) >= 11 is 0. The molecular formula is C20H28N4O. The number of fused-ring (bicyclic) bond motifs is 1. The van der Waals surface area contributed by atoms with Gasteiger partial charge in [-0.15, -0.1) is 6.58 Å². The van der Waals surface area contributed by atoms with Crippen molar-refractivity contribution in [3.05, 3.63) is 42.7 Å². The van der Waals surface area contributed by atoms with Crippen LogP contribution >= 0.6 is 0 Å². The molecule has 1 atom stereocenters. The smallest absolute Gasteiger partial charge is 0.234 e. The molecule has 25 heavy (non-hydrogen) atoms. The lowest BCUT2D eigenvalue weighted by Crippen LogP contribution is -2.42. The molecule has 0 aliphatic carbocycles. The van der Waals surface area contributed by atoms with Crippen molar-refractivity contribution >= 4 is 16.9 Å². The van der Waals surface area contributed by atoms with E-state index in [-0.39, 0.29) is 5.91 Å². The Morgan fingerprint density at radius 1 is 1.44 bits per heavy atom. The average molecular weight is 340 g/mol. The summed E-state index contributed by atoms with van der Waals surface area (Å²) in [5.74, 6) is 1.60. The van der Waals surface area contributed by atoms with E-state index < -0.39 is 0 Å². The highest BCUT2D eigenvalue weighted by molar-refractivity contribution is 5.78. The fraction of sp³-hybridized carbons (Fsp3) is 0.500. The minimum Gasteiger partial charge on any atom is -0.352 e. The third kappa shape index (κ3) is 3.93. The molecule has 0 radical (unpaired) electrons. The van der Waals surface area contributed by atoms with Crippen LogP contribution in [-0.2, 0) is 4.79 Å². The van der Waals surface area contributed by atoms with E-state index in [4.69, 9.17) is 4.98 Å². The van der Waals surface area contributed by atoms with Gasteiger partial charge in [-0.25, -0.2) is 4.98 Å². The number of nitrogens with zero attached hydrogens (tertiary/aromatic N) is 3. The molecule has 5 nitrogen and oxygen atoms in total. The Balaban J connectivity index is 1.79. The maximum atomic E-state index is 12.0. The van der Waals surface area contributed by atoms with Crippen molar-refractivity contribution in [1.82, 2.24) is 19.8 Å². The van der Waals surface area contributed by atoms with Gasteiger partial charge in [-0.1, -0.05) is 18.2 Å². The van der Waals surface area contributed by atoms with Crippen LogP contribution in [0.4, 0.5) is 0 Å². The van der Waals surface area contributed by atoms with Crippen LogP contribution < -0.4 is 5.32 Å². The molecule has 1 amide bonds. The molecule has 0 saturated carbocycles. The van der Waals surface area contributed by atoms with Gasteiger partial charge < -0.3 is 9.88 Å². The molecule has 134 valence electrons. The van der Waals surface area contributed by atoms with Crippen LogP contribution in [0.3, 0.4) is 0 Å². The maximum Gasteiger partial charge on any atom is 0.234 e. The van der Waals surface area contributed by atoms with Crippen LogP contribution in [0.5, 0.6) is 0 Å². The Bertz CT molecular complexity index is 749. The predicted octanol–water partition coefficient (Wildman–Crippen LogP) is 3.10. The molecule has 2 aromatic rings. The monoisotopic (exact) mass is 340 g/mol. The van der Waals surface area contributed by atoms with Gasteiger partial charge in [0.1, 0.15) is 5.82 Å². The lowest BCUT2D eigenvalue weighted by molar-refractivity contribution is -0.122. The van der Waals surface area contributed by atoms with Crippen LogP contribution in [-0.4, -0.2) is 46.5 Å². The van der Waals surface area contributed by atoms with E-state index in [2.05, 4.69) is 53.4 Å². The van der Waals surface area contributed by atoms with Gasteiger partial charge in [-0.3, -0.25) is 9.69 Å². The Morgan fingerprint density at radius 3 is 3.00 bits per heavy atom. The summed E-state index contributed by atoms with van der Waals surface area (Å²) in [6, 6.07) is 8.72.